The number of nitrogens with zero attached hydrogens (tertiary/aromatic N) is 1. The van der Waals surface area contributed by atoms with E-state index in [1.54, 1.807) is 18.2 Å². The van der Waals surface area contributed by atoms with Gasteiger partial charge in [0.25, 0.3) is 5.56 Å². The normalized spacial score (nSPS) is 10.7. The van der Waals surface area contributed by atoms with Gasteiger partial charge in [0, 0.05) is 6.42 Å². The van der Waals surface area contributed by atoms with Crippen LogP contribution in [0.5, 0.6) is 5.75 Å². The van der Waals surface area contributed by atoms with Gasteiger partial charge in [-0.25, -0.2) is 4.98 Å². The number of fused-ring (bicyclic) bond motifs is 1. The number of benzene rings is 2. The van der Waals surface area contributed by atoms with Gasteiger partial charge in [0.15, 0.2) is 0 Å². The lowest BCUT2D eigenvalue weighted by molar-refractivity contribution is -0.144. The van der Waals surface area contributed by atoms with Gasteiger partial charge in [-0.05, 0) is 36.2 Å². The Morgan fingerprint density at radius 1 is 1.11 bits per heavy atom. The van der Waals surface area contributed by atoms with E-state index in [-0.39, 0.29) is 24.6 Å². The monoisotopic (exact) mass is 366 g/mol. The third-order valence-corrected chi connectivity index (χ3v) is 4.15. The molecule has 0 fully saturated rings. The first-order valence-electron chi connectivity index (χ1n) is 9.01. The number of carbonyl (C=O) groups is 1. The Kier molecular flexibility index (Phi) is 6.20. The maximum Gasteiger partial charge on any atom is 0.306 e. The molecule has 1 heterocycles. The number of ether oxygens (including phenoxy) is 2. The van der Waals surface area contributed by atoms with E-state index < -0.39 is 0 Å². The second-order valence-corrected chi connectivity index (χ2v) is 6.10. The summed E-state index contributed by atoms with van der Waals surface area (Å²) < 4.78 is 10.8. The highest BCUT2D eigenvalue weighted by atomic mass is 16.6. The molecule has 0 saturated carbocycles. The van der Waals surface area contributed by atoms with Gasteiger partial charge >= 0.3 is 5.97 Å². The van der Waals surface area contributed by atoms with Crippen molar-refractivity contribution in [3.63, 3.8) is 0 Å². The number of aryl methyl sites for hydroxylation is 2. The third-order valence-electron chi connectivity index (χ3n) is 4.15. The van der Waals surface area contributed by atoms with E-state index in [4.69, 9.17) is 9.47 Å². The van der Waals surface area contributed by atoms with Gasteiger partial charge in [0.2, 0.25) is 0 Å². The van der Waals surface area contributed by atoms with E-state index in [0.29, 0.717) is 29.8 Å². The van der Waals surface area contributed by atoms with Crippen LogP contribution >= 0.6 is 0 Å². The van der Waals surface area contributed by atoms with Gasteiger partial charge in [0.05, 0.1) is 17.3 Å². The first kappa shape index (κ1) is 18.6. The highest BCUT2D eigenvalue weighted by molar-refractivity contribution is 5.77. The molecule has 3 rings (SSSR count). The number of nitrogens with one attached hydrogen (secondary N) is 1. The molecule has 0 amide bonds. The van der Waals surface area contributed by atoms with Crippen LogP contribution in [0.4, 0.5) is 0 Å². The lowest BCUT2D eigenvalue weighted by Gasteiger charge is -2.08. The number of hydrogen-bond acceptors (Lipinski definition) is 5. The minimum atomic E-state index is -0.350. The van der Waals surface area contributed by atoms with E-state index in [0.717, 1.165) is 12.2 Å². The lowest BCUT2D eigenvalue weighted by Crippen LogP contribution is -2.15. The third kappa shape index (κ3) is 5.17. The number of esters is 1. The predicted molar refractivity (Wildman–Crippen MR) is 103 cm³/mol. The van der Waals surface area contributed by atoms with Crippen molar-refractivity contribution >= 4 is 16.9 Å². The zero-order valence-electron chi connectivity index (χ0n) is 15.2. The molecular formula is C21H22N2O4. The molecule has 0 aliphatic carbocycles. The van der Waals surface area contributed by atoms with E-state index in [2.05, 4.69) is 16.9 Å². The smallest absolute Gasteiger partial charge is 0.306 e. The van der Waals surface area contributed by atoms with Crippen LogP contribution in [0.25, 0.3) is 10.9 Å². The second-order valence-electron chi connectivity index (χ2n) is 6.10. The summed E-state index contributed by atoms with van der Waals surface area (Å²) in [5.74, 6) is 0.892. The average Bonchev–Trinajstić information content (AvgIpc) is 2.70. The van der Waals surface area contributed by atoms with Crippen molar-refractivity contribution in [1.82, 2.24) is 9.97 Å². The van der Waals surface area contributed by atoms with Crippen LogP contribution in [0, 0.1) is 0 Å². The maximum absolute atomic E-state index is 12.0. The standard InChI is InChI=1S/C21H22N2O4/c1-2-15-6-5-7-16(14-15)26-12-13-27-20(24)11-10-19-22-18-9-4-3-8-17(18)21(25)23-19/h3-9,14H,2,10-13H2,1H3,(H,22,23,25). The van der Waals surface area contributed by atoms with Crippen molar-refractivity contribution in [1.29, 1.82) is 0 Å². The molecule has 2 aromatic carbocycles. The summed E-state index contributed by atoms with van der Waals surface area (Å²) in [6.45, 7) is 2.55. The molecule has 0 unspecified atom stereocenters. The molecule has 1 aromatic heterocycles. The first-order valence-corrected chi connectivity index (χ1v) is 9.01. The molecule has 3 aromatic rings. The molecule has 0 saturated heterocycles. The molecule has 0 atom stereocenters. The van der Waals surface area contributed by atoms with Crippen molar-refractivity contribution < 1.29 is 14.3 Å². The van der Waals surface area contributed by atoms with Gasteiger partial charge in [-0.2, -0.15) is 0 Å². The first-order chi connectivity index (χ1) is 13.2. The van der Waals surface area contributed by atoms with Crippen LogP contribution < -0.4 is 10.3 Å². The molecule has 0 aliphatic rings. The Labute approximate surface area is 157 Å². The van der Waals surface area contributed by atoms with E-state index in [1.807, 2.05) is 30.3 Å². The van der Waals surface area contributed by atoms with E-state index in [9.17, 15) is 9.59 Å². The van der Waals surface area contributed by atoms with E-state index >= 15 is 0 Å². The van der Waals surface area contributed by atoms with Crippen LogP contribution in [0.3, 0.4) is 0 Å². The minimum absolute atomic E-state index is 0.145. The van der Waals surface area contributed by atoms with Gasteiger partial charge in [0.1, 0.15) is 24.8 Å². The topological polar surface area (TPSA) is 81.3 Å². The van der Waals surface area contributed by atoms with Crippen LogP contribution in [-0.4, -0.2) is 29.2 Å². The fraction of sp³-hybridized carbons (Fsp3) is 0.286. The van der Waals surface area contributed by atoms with Crippen molar-refractivity contribution in [3.05, 3.63) is 70.3 Å². The Hall–Kier alpha value is -3.15. The molecule has 6 nitrogen and oxygen atoms in total. The average molecular weight is 366 g/mol. The molecule has 0 spiro atoms. The fourth-order valence-corrected chi connectivity index (χ4v) is 2.72. The molecule has 27 heavy (non-hydrogen) atoms. The van der Waals surface area contributed by atoms with Crippen LogP contribution in [0.1, 0.15) is 24.7 Å². The lowest BCUT2D eigenvalue weighted by atomic mass is 10.2. The van der Waals surface area contributed by atoms with E-state index in [1.165, 1.54) is 5.56 Å². The largest absolute Gasteiger partial charge is 0.490 e. The van der Waals surface area contributed by atoms with Gasteiger partial charge < -0.3 is 14.5 Å². The number of aromatic amines is 1. The molecule has 0 radical (unpaired) electrons. The molecular weight excluding hydrogens is 344 g/mol. The Morgan fingerprint density at radius 3 is 2.81 bits per heavy atom. The Morgan fingerprint density at radius 2 is 1.96 bits per heavy atom. The minimum Gasteiger partial charge on any atom is -0.490 e. The summed E-state index contributed by atoms with van der Waals surface area (Å²) in [5, 5.41) is 0.535. The summed E-state index contributed by atoms with van der Waals surface area (Å²) in [6.07, 6.45) is 1.40. The maximum atomic E-state index is 12.0. The zero-order chi connectivity index (χ0) is 19.1. The number of hydrogen-bond donors (Lipinski definition) is 1. The van der Waals surface area contributed by atoms with Crippen molar-refractivity contribution in [2.24, 2.45) is 0 Å². The SMILES string of the molecule is CCc1cccc(OCCOC(=O)CCc2nc3ccccc3c(=O)[nH]2)c1. The molecule has 140 valence electrons. The highest BCUT2D eigenvalue weighted by Crippen LogP contribution is 2.13. The zero-order valence-corrected chi connectivity index (χ0v) is 15.2. The number of rotatable bonds is 8. The van der Waals surface area contributed by atoms with Crippen LogP contribution in [0.15, 0.2) is 53.3 Å². The summed E-state index contributed by atoms with van der Waals surface area (Å²) in [6, 6.07) is 14.9. The number of H-pyrrole nitrogens is 1. The molecule has 0 bridgehead atoms. The number of para-hydroxylation sites is 1. The molecule has 0 aliphatic heterocycles. The van der Waals surface area contributed by atoms with Crippen LogP contribution in [-0.2, 0) is 22.4 Å². The van der Waals surface area contributed by atoms with Gasteiger partial charge in [-0.1, -0.05) is 31.2 Å². The van der Waals surface area contributed by atoms with Crippen molar-refractivity contribution in [2.45, 2.75) is 26.2 Å². The predicted octanol–water partition coefficient (Wildman–Crippen LogP) is 3.04. The van der Waals surface area contributed by atoms with Crippen molar-refractivity contribution in [2.75, 3.05) is 13.2 Å². The second kappa shape index (κ2) is 8.98. The summed E-state index contributed by atoms with van der Waals surface area (Å²) in [5.41, 5.74) is 1.61. The quantitative estimate of drug-likeness (QED) is 0.489. The Bertz CT molecular complexity index is 981. The van der Waals surface area contributed by atoms with Crippen molar-refractivity contribution in [3.8, 4) is 5.75 Å². The molecule has 6 heteroatoms. The number of carbonyl (C=O) groups excluding carboxylic acids is 1. The fourth-order valence-electron chi connectivity index (χ4n) is 2.72. The summed E-state index contributed by atoms with van der Waals surface area (Å²) in [4.78, 5) is 31.0. The van der Waals surface area contributed by atoms with Crippen LogP contribution in [0.2, 0.25) is 0 Å². The molecule has 1 N–H and O–H groups in total. The van der Waals surface area contributed by atoms with Gasteiger partial charge in [-0.3, -0.25) is 9.59 Å². The number of aromatic nitrogens is 2. The highest BCUT2D eigenvalue weighted by Gasteiger charge is 2.08. The Balaban J connectivity index is 1.44. The van der Waals surface area contributed by atoms with Gasteiger partial charge in [-0.15, -0.1) is 0 Å². The summed E-state index contributed by atoms with van der Waals surface area (Å²) in [7, 11) is 0. The summed E-state index contributed by atoms with van der Waals surface area (Å²) >= 11 is 0.